The number of amides is 2. The number of urea groups is 1. The third-order valence-electron chi connectivity index (χ3n) is 4.95. The average molecular weight is 419 g/mol. The SMILES string of the molecule is Cc1cc(N2CCN(C(=O)Nc3c(C)cccc3OC(F)F)CC2)nc(C(C)C)n1. The number of hydrogen-bond donors (Lipinski definition) is 1. The summed E-state index contributed by atoms with van der Waals surface area (Å²) in [7, 11) is 0. The first-order chi connectivity index (χ1) is 14.2. The summed E-state index contributed by atoms with van der Waals surface area (Å²) in [6.45, 7) is 7.05. The largest absolute Gasteiger partial charge is 0.433 e. The van der Waals surface area contributed by atoms with E-state index < -0.39 is 6.61 Å². The molecule has 0 unspecified atom stereocenters. The van der Waals surface area contributed by atoms with E-state index in [0.717, 1.165) is 17.3 Å². The molecular formula is C21H27F2N5O2. The maximum atomic E-state index is 12.7. The number of hydrogen-bond acceptors (Lipinski definition) is 5. The van der Waals surface area contributed by atoms with E-state index in [1.54, 1.807) is 24.0 Å². The predicted octanol–water partition coefficient (Wildman–Crippen LogP) is 4.17. The summed E-state index contributed by atoms with van der Waals surface area (Å²) in [4.78, 5) is 25.6. The number of para-hydroxylation sites is 1. The van der Waals surface area contributed by atoms with E-state index in [1.807, 2.05) is 13.0 Å². The van der Waals surface area contributed by atoms with Crippen molar-refractivity contribution in [3.63, 3.8) is 0 Å². The van der Waals surface area contributed by atoms with Crippen LogP contribution in [0, 0.1) is 13.8 Å². The molecule has 1 aromatic carbocycles. The highest BCUT2D eigenvalue weighted by atomic mass is 19.3. The van der Waals surface area contributed by atoms with Crippen molar-refractivity contribution in [2.24, 2.45) is 0 Å². The first-order valence-electron chi connectivity index (χ1n) is 9.95. The quantitative estimate of drug-likeness (QED) is 0.788. The summed E-state index contributed by atoms with van der Waals surface area (Å²) in [5.74, 6) is 1.85. The van der Waals surface area contributed by atoms with Gasteiger partial charge in [-0.3, -0.25) is 0 Å². The Morgan fingerprint density at radius 2 is 1.83 bits per heavy atom. The van der Waals surface area contributed by atoms with Crippen LogP contribution >= 0.6 is 0 Å². The molecule has 0 radical (unpaired) electrons. The lowest BCUT2D eigenvalue weighted by molar-refractivity contribution is -0.0493. The lowest BCUT2D eigenvalue weighted by Crippen LogP contribution is -2.50. The molecule has 1 aromatic heterocycles. The van der Waals surface area contributed by atoms with E-state index in [4.69, 9.17) is 0 Å². The number of rotatable bonds is 5. The van der Waals surface area contributed by atoms with E-state index in [9.17, 15) is 13.6 Å². The van der Waals surface area contributed by atoms with Gasteiger partial charge in [-0.1, -0.05) is 26.0 Å². The summed E-state index contributed by atoms with van der Waals surface area (Å²) < 4.78 is 29.9. The second-order valence-electron chi connectivity index (χ2n) is 7.61. The third-order valence-corrected chi connectivity index (χ3v) is 4.95. The Morgan fingerprint density at radius 3 is 2.47 bits per heavy atom. The van der Waals surface area contributed by atoms with Gasteiger partial charge in [0.05, 0.1) is 5.69 Å². The van der Waals surface area contributed by atoms with Gasteiger partial charge in [-0.2, -0.15) is 8.78 Å². The van der Waals surface area contributed by atoms with Gasteiger partial charge in [0, 0.05) is 43.9 Å². The lowest BCUT2D eigenvalue weighted by atomic mass is 10.2. The highest BCUT2D eigenvalue weighted by Gasteiger charge is 2.24. The standard InChI is InChI=1S/C21H27F2N5O2/c1-13(2)19-24-15(4)12-17(25-19)27-8-10-28(11-9-27)21(29)26-18-14(3)6-5-7-16(18)30-20(22)23/h5-7,12-13,20H,8-11H2,1-4H3,(H,26,29). The van der Waals surface area contributed by atoms with Crippen LogP contribution in [-0.2, 0) is 0 Å². The molecule has 1 aliphatic rings. The van der Waals surface area contributed by atoms with Gasteiger partial charge in [-0.05, 0) is 25.5 Å². The fourth-order valence-electron chi connectivity index (χ4n) is 3.31. The van der Waals surface area contributed by atoms with Crippen molar-refractivity contribution < 1.29 is 18.3 Å². The Bertz CT molecular complexity index is 899. The molecule has 30 heavy (non-hydrogen) atoms. The molecule has 1 fully saturated rings. The molecule has 9 heteroatoms. The summed E-state index contributed by atoms with van der Waals surface area (Å²) >= 11 is 0. The van der Waals surface area contributed by atoms with Crippen LogP contribution in [0.3, 0.4) is 0 Å². The number of alkyl halides is 2. The summed E-state index contributed by atoms with van der Waals surface area (Å²) in [5, 5.41) is 2.73. The topological polar surface area (TPSA) is 70.6 Å². The van der Waals surface area contributed by atoms with Crippen LogP contribution in [0.5, 0.6) is 5.75 Å². The maximum absolute atomic E-state index is 12.7. The monoisotopic (exact) mass is 419 g/mol. The van der Waals surface area contributed by atoms with Gasteiger partial charge in [-0.15, -0.1) is 0 Å². The van der Waals surface area contributed by atoms with Crippen LogP contribution in [-0.4, -0.2) is 53.7 Å². The maximum Gasteiger partial charge on any atom is 0.387 e. The second kappa shape index (κ2) is 9.23. The van der Waals surface area contributed by atoms with Gasteiger partial charge in [0.15, 0.2) is 0 Å². The number of carbonyl (C=O) groups is 1. The second-order valence-corrected chi connectivity index (χ2v) is 7.61. The molecular weight excluding hydrogens is 392 g/mol. The molecule has 7 nitrogen and oxygen atoms in total. The van der Waals surface area contributed by atoms with Crippen molar-refractivity contribution >= 4 is 17.5 Å². The Morgan fingerprint density at radius 1 is 1.13 bits per heavy atom. The fourth-order valence-corrected chi connectivity index (χ4v) is 3.31. The zero-order valence-electron chi connectivity index (χ0n) is 17.7. The van der Waals surface area contributed by atoms with Crippen LogP contribution in [0.15, 0.2) is 24.3 Å². The number of carbonyl (C=O) groups excluding carboxylic acids is 1. The van der Waals surface area contributed by atoms with Crippen LogP contribution in [0.2, 0.25) is 0 Å². The van der Waals surface area contributed by atoms with Crippen LogP contribution in [0.25, 0.3) is 0 Å². The first-order valence-corrected chi connectivity index (χ1v) is 9.95. The molecule has 1 N–H and O–H groups in total. The Balaban J connectivity index is 1.66. The zero-order valence-corrected chi connectivity index (χ0v) is 17.7. The number of nitrogens with one attached hydrogen (secondary N) is 1. The van der Waals surface area contributed by atoms with Crippen molar-refractivity contribution in [2.45, 2.75) is 40.2 Å². The van der Waals surface area contributed by atoms with E-state index in [2.05, 4.69) is 38.8 Å². The molecule has 0 bridgehead atoms. The van der Waals surface area contributed by atoms with Gasteiger partial charge >= 0.3 is 12.6 Å². The number of benzene rings is 1. The van der Waals surface area contributed by atoms with Gasteiger partial charge < -0.3 is 19.9 Å². The number of anilines is 2. The van der Waals surface area contributed by atoms with Crippen molar-refractivity contribution in [3.8, 4) is 5.75 Å². The molecule has 0 aliphatic carbocycles. The zero-order chi connectivity index (χ0) is 21.8. The molecule has 3 rings (SSSR count). The van der Waals surface area contributed by atoms with Gasteiger partial charge in [-0.25, -0.2) is 14.8 Å². The van der Waals surface area contributed by atoms with Crippen molar-refractivity contribution in [1.29, 1.82) is 0 Å². The molecule has 0 saturated carbocycles. The molecule has 1 saturated heterocycles. The minimum Gasteiger partial charge on any atom is -0.433 e. The highest BCUT2D eigenvalue weighted by molar-refractivity contribution is 5.92. The lowest BCUT2D eigenvalue weighted by Gasteiger charge is -2.35. The van der Waals surface area contributed by atoms with Gasteiger partial charge in [0.25, 0.3) is 0 Å². The summed E-state index contributed by atoms with van der Waals surface area (Å²) in [6.07, 6.45) is 0. The van der Waals surface area contributed by atoms with E-state index in [0.29, 0.717) is 31.7 Å². The Kier molecular flexibility index (Phi) is 6.69. The van der Waals surface area contributed by atoms with E-state index in [-0.39, 0.29) is 23.4 Å². The average Bonchev–Trinajstić information content (AvgIpc) is 2.69. The van der Waals surface area contributed by atoms with Crippen LogP contribution < -0.4 is 15.0 Å². The summed E-state index contributed by atoms with van der Waals surface area (Å²) in [6, 6.07) is 6.36. The van der Waals surface area contributed by atoms with Crippen LogP contribution in [0.4, 0.5) is 25.1 Å². The van der Waals surface area contributed by atoms with Crippen LogP contribution in [0.1, 0.15) is 36.8 Å². The van der Waals surface area contributed by atoms with Crippen molar-refractivity contribution in [3.05, 3.63) is 41.3 Å². The van der Waals surface area contributed by atoms with Gasteiger partial charge in [0.1, 0.15) is 17.4 Å². The first kappa shape index (κ1) is 21.7. The Labute approximate surface area is 175 Å². The van der Waals surface area contributed by atoms with Crippen molar-refractivity contribution in [2.75, 3.05) is 36.4 Å². The predicted molar refractivity (Wildman–Crippen MR) is 111 cm³/mol. The molecule has 1 aliphatic heterocycles. The van der Waals surface area contributed by atoms with E-state index >= 15 is 0 Å². The molecule has 0 spiro atoms. The normalized spacial score (nSPS) is 14.4. The number of nitrogens with zero attached hydrogens (tertiary/aromatic N) is 4. The molecule has 2 amide bonds. The smallest absolute Gasteiger partial charge is 0.387 e. The third kappa shape index (κ3) is 5.14. The minimum absolute atomic E-state index is 0.0466. The van der Waals surface area contributed by atoms with Crippen molar-refractivity contribution in [1.82, 2.24) is 14.9 Å². The number of ether oxygens (including phenoxy) is 1. The highest BCUT2D eigenvalue weighted by Crippen LogP contribution is 2.30. The number of halogens is 2. The number of piperazine rings is 1. The molecule has 2 heterocycles. The molecule has 0 atom stereocenters. The minimum atomic E-state index is -2.96. The van der Waals surface area contributed by atoms with Gasteiger partial charge in [0.2, 0.25) is 0 Å². The van der Waals surface area contributed by atoms with E-state index in [1.165, 1.54) is 6.07 Å². The number of aromatic nitrogens is 2. The fraction of sp³-hybridized carbons (Fsp3) is 0.476. The summed E-state index contributed by atoms with van der Waals surface area (Å²) in [5.41, 5.74) is 1.83. The number of aryl methyl sites for hydroxylation is 2. The molecule has 2 aromatic rings. The molecule has 162 valence electrons. The Hall–Kier alpha value is -2.97.